The lowest BCUT2D eigenvalue weighted by Crippen LogP contribution is -2.26. The van der Waals surface area contributed by atoms with Crippen LogP contribution in [0.1, 0.15) is 39.0 Å². The molecular formula is C10H15F3O. The monoisotopic (exact) mass is 208 g/mol. The zero-order valence-corrected chi connectivity index (χ0v) is 8.23. The highest BCUT2D eigenvalue weighted by molar-refractivity contribution is 5.81. The molecule has 2 atom stereocenters. The summed E-state index contributed by atoms with van der Waals surface area (Å²) in [5.41, 5.74) is 0. The predicted molar refractivity (Wildman–Crippen MR) is 46.8 cm³/mol. The molecule has 0 bridgehead atoms. The third-order valence-corrected chi connectivity index (χ3v) is 2.77. The summed E-state index contributed by atoms with van der Waals surface area (Å²) in [5.74, 6) is -0.574. The molecule has 1 rings (SSSR count). The van der Waals surface area contributed by atoms with Crippen molar-refractivity contribution in [2.24, 2.45) is 11.8 Å². The lowest BCUT2D eigenvalue weighted by molar-refractivity contribution is -0.156. The Labute approximate surface area is 81.7 Å². The van der Waals surface area contributed by atoms with Gasteiger partial charge in [0.15, 0.2) is 0 Å². The highest BCUT2D eigenvalue weighted by atomic mass is 19.4. The average molecular weight is 208 g/mol. The van der Waals surface area contributed by atoms with E-state index in [1.165, 1.54) is 0 Å². The molecule has 0 spiro atoms. The van der Waals surface area contributed by atoms with Gasteiger partial charge in [-0.2, -0.15) is 13.2 Å². The van der Waals surface area contributed by atoms with Crippen LogP contribution in [0.4, 0.5) is 13.2 Å². The molecule has 0 aliphatic heterocycles. The molecule has 2 unspecified atom stereocenters. The normalized spacial score (nSPS) is 28.9. The molecule has 1 saturated carbocycles. The molecule has 14 heavy (non-hydrogen) atoms. The second kappa shape index (κ2) is 4.32. The van der Waals surface area contributed by atoms with Gasteiger partial charge in [0.1, 0.15) is 12.2 Å². The van der Waals surface area contributed by atoms with Gasteiger partial charge in [-0.3, -0.25) is 4.79 Å². The van der Waals surface area contributed by atoms with Gasteiger partial charge in [0.25, 0.3) is 0 Å². The first-order valence-electron chi connectivity index (χ1n) is 4.98. The summed E-state index contributed by atoms with van der Waals surface area (Å²) < 4.78 is 35.8. The molecule has 0 saturated heterocycles. The van der Waals surface area contributed by atoms with Gasteiger partial charge in [0, 0.05) is 5.92 Å². The molecule has 82 valence electrons. The molecular weight excluding hydrogens is 193 g/mol. The number of halogens is 3. The Balaban J connectivity index is 2.44. The lowest BCUT2D eigenvalue weighted by atomic mass is 9.79. The molecule has 0 amide bonds. The average Bonchev–Trinajstić information content (AvgIpc) is 2.01. The van der Waals surface area contributed by atoms with E-state index in [2.05, 4.69) is 0 Å². The number of Topliss-reactive ketones (excluding diaryl/α,β-unsaturated/α-hetero) is 1. The van der Waals surface area contributed by atoms with Crippen molar-refractivity contribution in [2.75, 3.05) is 0 Å². The summed E-state index contributed by atoms with van der Waals surface area (Å²) in [6.45, 7) is 1.99. The summed E-state index contributed by atoms with van der Waals surface area (Å²) in [4.78, 5) is 11.2. The van der Waals surface area contributed by atoms with E-state index in [1.54, 1.807) is 0 Å². The summed E-state index contributed by atoms with van der Waals surface area (Å²) in [7, 11) is 0. The van der Waals surface area contributed by atoms with Crippen LogP contribution in [0.2, 0.25) is 0 Å². The number of carbonyl (C=O) groups excluding carboxylic acids is 1. The number of alkyl halides is 3. The van der Waals surface area contributed by atoms with E-state index in [9.17, 15) is 18.0 Å². The van der Waals surface area contributed by atoms with Gasteiger partial charge in [-0.15, -0.1) is 0 Å². The van der Waals surface area contributed by atoms with Crippen molar-refractivity contribution in [3.8, 4) is 0 Å². The van der Waals surface area contributed by atoms with E-state index in [1.807, 2.05) is 6.92 Å². The minimum Gasteiger partial charge on any atom is -0.299 e. The third kappa shape index (κ3) is 3.68. The van der Waals surface area contributed by atoms with Crippen molar-refractivity contribution in [1.82, 2.24) is 0 Å². The highest BCUT2D eigenvalue weighted by Crippen LogP contribution is 2.32. The number of hydrogen-bond donors (Lipinski definition) is 0. The Bertz CT molecular complexity index is 210. The van der Waals surface area contributed by atoms with Crippen LogP contribution >= 0.6 is 0 Å². The summed E-state index contributed by atoms with van der Waals surface area (Å²) >= 11 is 0. The van der Waals surface area contributed by atoms with Crippen LogP contribution in [0.3, 0.4) is 0 Å². The number of ketones is 1. The van der Waals surface area contributed by atoms with E-state index < -0.39 is 18.4 Å². The van der Waals surface area contributed by atoms with Crippen molar-refractivity contribution in [3.63, 3.8) is 0 Å². The summed E-state index contributed by atoms with van der Waals surface area (Å²) in [6, 6.07) is 0. The second-order valence-electron chi connectivity index (χ2n) is 4.23. The van der Waals surface area contributed by atoms with Crippen molar-refractivity contribution < 1.29 is 18.0 Å². The van der Waals surface area contributed by atoms with Crippen molar-refractivity contribution in [1.29, 1.82) is 0 Å². The van der Waals surface area contributed by atoms with Crippen LogP contribution in [0.25, 0.3) is 0 Å². The first-order chi connectivity index (χ1) is 6.38. The maximum Gasteiger partial charge on any atom is 0.395 e. The molecule has 0 heterocycles. The van der Waals surface area contributed by atoms with Crippen LogP contribution in [0.15, 0.2) is 0 Å². The molecule has 4 heteroatoms. The first-order valence-corrected chi connectivity index (χ1v) is 4.98. The smallest absolute Gasteiger partial charge is 0.299 e. The van der Waals surface area contributed by atoms with E-state index >= 15 is 0 Å². The maximum absolute atomic E-state index is 11.9. The van der Waals surface area contributed by atoms with Crippen LogP contribution < -0.4 is 0 Å². The van der Waals surface area contributed by atoms with Gasteiger partial charge in [-0.05, 0) is 18.8 Å². The Kier molecular flexibility index (Phi) is 3.56. The van der Waals surface area contributed by atoms with Gasteiger partial charge in [-0.25, -0.2) is 0 Å². The predicted octanol–water partition coefficient (Wildman–Crippen LogP) is 3.33. The van der Waals surface area contributed by atoms with Crippen molar-refractivity contribution in [3.05, 3.63) is 0 Å². The molecule has 0 radical (unpaired) electrons. The number of rotatable bonds is 2. The fourth-order valence-electron chi connectivity index (χ4n) is 2.07. The zero-order chi connectivity index (χ0) is 10.8. The third-order valence-electron chi connectivity index (χ3n) is 2.77. The van der Waals surface area contributed by atoms with Gasteiger partial charge < -0.3 is 0 Å². The lowest BCUT2D eigenvalue weighted by Gasteiger charge is -2.25. The zero-order valence-electron chi connectivity index (χ0n) is 8.23. The minimum absolute atomic E-state index is 0.347. The first kappa shape index (κ1) is 11.5. The molecule has 1 aliphatic rings. The fourth-order valence-corrected chi connectivity index (χ4v) is 2.07. The van der Waals surface area contributed by atoms with Gasteiger partial charge in [0.2, 0.25) is 0 Å². The molecule has 1 aliphatic carbocycles. The second-order valence-corrected chi connectivity index (χ2v) is 4.23. The minimum atomic E-state index is -4.34. The topological polar surface area (TPSA) is 17.1 Å². The van der Waals surface area contributed by atoms with Crippen molar-refractivity contribution in [2.45, 2.75) is 45.2 Å². The van der Waals surface area contributed by atoms with Gasteiger partial charge in [0.05, 0.1) is 0 Å². The molecule has 1 nitrogen and oxygen atoms in total. The van der Waals surface area contributed by atoms with E-state index in [-0.39, 0.29) is 5.92 Å². The Hall–Kier alpha value is -0.540. The largest absolute Gasteiger partial charge is 0.395 e. The number of carbonyl (C=O) groups is 1. The van der Waals surface area contributed by atoms with Crippen LogP contribution in [-0.4, -0.2) is 12.0 Å². The molecule has 1 fully saturated rings. The quantitative estimate of drug-likeness (QED) is 0.680. The molecule has 0 aromatic rings. The number of hydrogen-bond acceptors (Lipinski definition) is 1. The van der Waals surface area contributed by atoms with Gasteiger partial charge >= 0.3 is 6.18 Å². The molecule has 0 aromatic carbocycles. The van der Waals surface area contributed by atoms with E-state index in [0.29, 0.717) is 18.8 Å². The van der Waals surface area contributed by atoms with Crippen molar-refractivity contribution >= 4 is 5.78 Å². The SMILES string of the molecule is CC1CCCC(C(=O)CC(F)(F)F)C1. The van der Waals surface area contributed by atoms with Crippen LogP contribution in [0, 0.1) is 11.8 Å². The van der Waals surface area contributed by atoms with E-state index in [0.717, 1.165) is 12.8 Å². The maximum atomic E-state index is 11.9. The molecule has 0 aromatic heterocycles. The Morgan fingerprint density at radius 3 is 2.50 bits per heavy atom. The molecule has 0 N–H and O–H groups in total. The Morgan fingerprint density at radius 2 is 2.00 bits per heavy atom. The fraction of sp³-hybridized carbons (Fsp3) is 0.900. The Morgan fingerprint density at radius 1 is 1.36 bits per heavy atom. The summed E-state index contributed by atoms with van der Waals surface area (Å²) in [5, 5.41) is 0. The van der Waals surface area contributed by atoms with Crippen LogP contribution in [0.5, 0.6) is 0 Å². The van der Waals surface area contributed by atoms with E-state index in [4.69, 9.17) is 0 Å². The summed E-state index contributed by atoms with van der Waals surface area (Å²) in [6.07, 6.45) is -2.39. The standard InChI is InChI=1S/C10H15F3O/c1-7-3-2-4-8(5-7)9(14)6-10(11,12)13/h7-8H,2-6H2,1H3. The highest BCUT2D eigenvalue weighted by Gasteiger charge is 2.35. The van der Waals surface area contributed by atoms with Gasteiger partial charge in [-0.1, -0.05) is 19.8 Å². The van der Waals surface area contributed by atoms with Crippen LogP contribution in [-0.2, 0) is 4.79 Å².